The Morgan fingerprint density at radius 1 is 1.50 bits per heavy atom. The van der Waals surface area contributed by atoms with Crippen LogP contribution in [0, 0.1) is 0 Å². The van der Waals surface area contributed by atoms with Gasteiger partial charge in [-0.3, -0.25) is 4.79 Å². The van der Waals surface area contributed by atoms with Crippen LogP contribution in [0.2, 0.25) is 0 Å². The molecule has 1 N–H and O–H groups in total. The van der Waals surface area contributed by atoms with Crippen molar-refractivity contribution in [1.29, 1.82) is 0 Å². The molecule has 0 amide bonds. The molecule has 0 bridgehead atoms. The lowest BCUT2D eigenvalue weighted by Gasteiger charge is -2.20. The number of aliphatic carboxylic acids is 1. The minimum atomic E-state index is -0.830. The van der Waals surface area contributed by atoms with Gasteiger partial charge in [0.15, 0.2) is 0 Å². The van der Waals surface area contributed by atoms with Crippen molar-refractivity contribution < 1.29 is 14.6 Å². The first-order valence-corrected chi connectivity index (χ1v) is 6.29. The van der Waals surface area contributed by atoms with Gasteiger partial charge < -0.3 is 14.7 Å². The number of ether oxygens (including phenoxy) is 1. The molecule has 1 aromatic rings. The third kappa shape index (κ3) is 3.23. The monoisotopic (exact) mass is 249 g/mol. The van der Waals surface area contributed by atoms with Gasteiger partial charge in [-0.25, -0.2) is 0 Å². The van der Waals surface area contributed by atoms with Gasteiger partial charge in [0.05, 0.1) is 6.42 Å². The van der Waals surface area contributed by atoms with Crippen LogP contribution in [0.25, 0.3) is 0 Å². The van der Waals surface area contributed by atoms with E-state index in [0.717, 1.165) is 18.5 Å². The van der Waals surface area contributed by atoms with E-state index < -0.39 is 5.97 Å². The van der Waals surface area contributed by atoms with Crippen LogP contribution in [0.5, 0.6) is 5.75 Å². The van der Waals surface area contributed by atoms with E-state index in [1.807, 2.05) is 24.3 Å². The summed E-state index contributed by atoms with van der Waals surface area (Å²) in [5, 5.41) is 8.85. The topological polar surface area (TPSA) is 49.8 Å². The summed E-state index contributed by atoms with van der Waals surface area (Å²) in [7, 11) is 2.10. The van der Waals surface area contributed by atoms with Crippen LogP contribution in [-0.4, -0.2) is 42.2 Å². The van der Waals surface area contributed by atoms with Crippen LogP contribution in [0.15, 0.2) is 24.3 Å². The molecule has 1 aliphatic heterocycles. The van der Waals surface area contributed by atoms with Crippen LogP contribution in [0.1, 0.15) is 18.4 Å². The molecule has 18 heavy (non-hydrogen) atoms. The summed E-state index contributed by atoms with van der Waals surface area (Å²) in [5.41, 5.74) is 0.741. The predicted molar refractivity (Wildman–Crippen MR) is 68.9 cm³/mol. The van der Waals surface area contributed by atoms with Gasteiger partial charge in [0.2, 0.25) is 0 Å². The second-order valence-corrected chi connectivity index (χ2v) is 4.77. The fourth-order valence-corrected chi connectivity index (χ4v) is 2.33. The average molecular weight is 249 g/mol. The highest BCUT2D eigenvalue weighted by Gasteiger charge is 2.21. The number of likely N-dealkylation sites (tertiary alicyclic amines) is 1. The van der Waals surface area contributed by atoms with E-state index in [2.05, 4.69) is 11.9 Å². The van der Waals surface area contributed by atoms with Gasteiger partial charge in [0.1, 0.15) is 12.4 Å². The van der Waals surface area contributed by atoms with E-state index in [1.54, 1.807) is 0 Å². The van der Waals surface area contributed by atoms with Crippen molar-refractivity contribution in [3.63, 3.8) is 0 Å². The van der Waals surface area contributed by atoms with Crippen LogP contribution in [-0.2, 0) is 11.2 Å². The maximum Gasteiger partial charge on any atom is 0.307 e. The average Bonchev–Trinajstić information content (AvgIpc) is 2.73. The highest BCUT2D eigenvalue weighted by atomic mass is 16.5. The number of rotatable bonds is 5. The number of carbonyl (C=O) groups is 1. The molecule has 1 atom stereocenters. The summed E-state index contributed by atoms with van der Waals surface area (Å²) in [6.45, 7) is 1.75. The van der Waals surface area contributed by atoms with E-state index in [1.165, 1.54) is 6.42 Å². The molecule has 0 saturated carbocycles. The van der Waals surface area contributed by atoms with Gasteiger partial charge in [0.25, 0.3) is 0 Å². The predicted octanol–water partition coefficient (Wildman–Crippen LogP) is 1.79. The molecule has 2 rings (SSSR count). The fraction of sp³-hybridized carbons (Fsp3) is 0.500. The van der Waals surface area contributed by atoms with Crippen molar-refractivity contribution in [3.8, 4) is 5.75 Å². The van der Waals surface area contributed by atoms with Crippen molar-refractivity contribution in [2.45, 2.75) is 25.3 Å². The number of carboxylic acid groups (broad SMARTS) is 1. The van der Waals surface area contributed by atoms with Crippen molar-refractivity contribution in [2.24, 2.45) is 0 Å². The molecule has 1 fully saturated rings. The molecule has 1 saturated heterocycles. The lowest BCUT2D eigenvalue weighted by atomic mass is 10.1. The Hall–Kier alpha value is -1.55. The van der Waals surface area contributed by atoms with Gasteiger partial charge in [0, 0.05) is 11.6 Å². The third-order valence-electron chi connectivity index (χ3n) is 3.42. The number of hydrogen-bond acceptors (Lipinski definition) is 3. The third-order valence-corrected chi connectivity index (χ3v) is 3.42. The lowest BCUT2D eigenvalue weighted by Crippen LogP contribution is -2.30. The molecule has 1 unspecified atom stereocenters. The molecule has 0 spiro atoms. The summed E-state index contributed by atoms with van der Waals surface area (Å²) < 4.78 is 5.79. The van der Waals surface area contributed by atoms with Gasteiger partial charge >= 0.3 is 5.97 Å². The first-order chi connectivity index (χ1) is 8.66. The quantitative estimate of drug-likeness (QED) is 0.864. The Morgan fingerprint density at radius 3 is 2.94 bits per heavy atom. The zero-order valence-corrected chi connectivity index (χ0v) is 10.6. The van der Waals surface area contributed by atoms with Gasteiger partial charge in [-0.1, -0.05) is 18.2 Å². The largest absolute Gasteiger partial charge is 0.492 e. The van der Waals surface area contributed by atoms with Gasteiger partial charge in [-0.05, 0) is 32.5 Å². The van der Waals surface area contributed by atoms with Crippen molar-refractivity contribution in [1.82, 2.24) is 4.90 Å². The van der Waals surface area contributed by atoms with E-state index in [-0.39, 0.29) is 6.42 Å². The maximum absolute atomic E-state index is 10.8. The first-order valence-electron chi connectivity index (χ1n) is 6.29. The summed E-state index contributed by atoms with van der Waals surface area (Å²) >= 11 is 0. The molecule has 0 aromatic heterocycles. The molecule has 1 aliphatic rings. The van der Waals surface area contributed by atoms with Crippen LogP contribution >= 0.6 is 0 Å². The first kappa shape index (κ1) is 12.9. The second-order valence-electron chi connectivity index (χ2n) is 4.77. The zero-order chi connectivity index (χ0) is 13.0. The van der Waals surface area contributed by atoms with Crippen LogP contribution < -0.4 is 4.74 Å². The number of hydrogen-bond donors (Lipinski definition) is 1. The number of benzene rings is 1. The highest BCUT2D eigenvalue weighted by molar-refractivity contribution is 5.71. The molecule has 98 valence electrons. The van der Waals surface area contributed by atoms with E-state index >= 15 is 0 Å². The Balaban J connectivity index is 1.97. The van der Waals surface area contributed by atoms with E-state index in [4.69, 9.17) is 9.84 Å². The minimum absolute atomic E-state index is 0.0106. The Kier molecular flexibility index (Phi) is 4.20. The van der Waals surface area contributed by atoms with E-state index in [9.17, 15) is 4.79 Å². The molecule has 4 heteroatoms. The van der Waals surface area contributed by atoms with E-state index in [0.29, 0.717) is 18.4 Å². The smallest absolute Gasteiger partial charge is 0.307 e. The molecular weight excluding hydrogens is 230 g/mol. The van der Waals surface area contributed by atoms with Crippen molar-refractivity contribution in [3.05, 3.63) is 29.8 Å². The Morgan fingerprint density at radius 2 is 2.28 bits per heavy atom. The minimum Gasteiger partial charge on any atom is -0.492 e. The molecule has 0 aliphatic carbocycles. The van der Waals surface area contributed by atoms with Crippen LogP contribution in [0.4, 0.5) is 0 Å². The summed E-state index contributed by atoms with van der Waals surface area (Å²) in [6, 6.07) is 7.81. The normalized spacial score (nSPS) is 19.9. The fourth-order valence-electron chi connectivity index (χ4n) is 2.33. The Labute approximate surface area is 107 Å². The summed E-state index contributed by atoms with van der Waals surface area (Å²) in [5.74, 6) is -0.135. The number of carboxylic acids is 1. The maximum atomic E-state index is 10.8. The number of nitrogens with zero attached hydrogens (tertiary/aromatic N) is 1. The number of para-hydroxylation sites is 1. The molecular formula is C14H19NO3. The SMILES string of the molecule is CN1CCCC1COc1ccccc1CC(=O)O. The summed E-state index contributed by atoms with van der Waals surface area (Å²) in [4.78, 5) is 13.1. The van der Waals surface area contributed by atoms with Gasteiger partial charge in [-0.15, -0.1) is 0 Å². The Bertz CT molecular complexity index is 419. The molecule has 1 heterocycles. The van der Waals surface area contributed by atoms with Crippen molar-refractivity contribution in [2.75, 3.05) is 20.2 Å². The lowest BCUT2D eigenvalue weighted by molar-refractivity contribution is -0.136. The van der Waals surface area contributed by atoms with Crippen LogP contribution in [0.3, 0.4) is 0 Å². The molecule has 1 aromatic carbocycles. The number of likely N-dealkylation sites (N-methyl/N-ethyl adjacent to an activating group) is 1. The second kappa shape index (κ2) is 5.87. The molecule has 4 nitrogen and oxygen atoms in total. The molecule has 0 radical (unpaired) electrons. The zero-order valence-electron chi connectivity index (χ0n) is 10.6. The summed E-state index contributed by atoms with van der Waals surface area (Å²) in [6.07, 6.45) is 2.37. The van der Waals surface area contributed by atoms with Gasteiger partial charge in [-0.2, -0.15) is 0 Å². The van der Waals surface area contributed by atoms with Crippen molar-refractivity contribution >= 4 is 5.97 Å². The highest BCUT2D eigenvalue weighted by Crippen LogP contribution is 2.21. The standard InChI is InChI=1S/C14H19NO3/c1-15-8-4-6-12(15)10-18-13-7-3-2-5-11(13)9-14(16)17/h2-3,5,7,12H,4,6,8-10H2,1H3,(H,16,17).